The van der Waals surface area contributed by atoms with Crippen molar-refractivity contribution >= 4 is 11.9 Å². The van der Waals surface area contributed by atoms with Gasteiger partial charge in [-0.05, 0) is 19.3 Å². The molecule has 0 spiro atoms. The van der Waals surface area contributed by atoms with E-state index < -0.39 is 11.9 Å². The summed E-state index contributed by atoms with van der Waals surface area (Å²) in [7, 11) is 0. The van der Waals surface area contributed by atoms with Crippen LogP contribution in [-0.4, -0.2) is 11.9 Å². The van der Waals surface area contributed by atoms with Gasteiger partial charge in [-0.2, -0.15) is 0 Å². The predicted octanol–water partition coefficient (Wildman–Crippen LogP) is 2.87. The highest BCUT2D eigenvalue weighted by Crippen LogP contribution is 2.19. The van der Waals surface area contributed by atoms with Gasteiger partial charge < -0.3 is 0 Å². The van der Waals surface area contributed by atoms with E-state index in [4.69, 9.17) is 0 Å². The summed E-state index contributed by atoms with van der Waals surface area (Å²) in [5.74, 6) is -1.33. The van der Waals surface area contributed by atoms with Crippen LogP contribution >= 0.6 is 0 Å². The third kappa shape index (κ3) is 8.61. The van der Waals surface area contributed by atoms with Gasteiger partial charge in [-0.1, -0.05) is 39.0 Å². The second-order valence-corrected chi connectivity index (χ2v) is 4.92. The number of carbonyl (C=O) groups excluding carboxylic acids is 2. The van der Waals surface area contributed by atoms with E-state index in [2.05, 4.69) is 36.9 Å². The van der Waals surface area contributed by atoms with Gasteiger partial charge in [-0.15, -0.1) is 0 Å². The average Bonchev–Trinajstić information content (AvgIpc) is 2.48. The van der Waals surface area contributed by atoms with E-state index in [0.29, 0.717) is 12.8 Å². The van der Waals surface area contributed by atoms with Gasteiger partial charge in [0.1, 0.15) is 0 Å². The molecule has 0 bridgehead atoms. The molecule has 0 aromatic rings. The molecule has 0 radical (unpaired) electrons. The average molecular weight is 306 g/mol. The summed E-state index contributed by atoms with van der Waals surface area (Å²) >= 11 is 0. The molecule has 1 saturated heterocycles. The van der Waals surface area contributed by atoms with Crippen LogP contribution in [0.3, 0.4) is 0 Å². The smallest absolute Gasteiger partial charge is 0.267 e. The quantitative estimate of drug-likeness (QED) is 0.735. The molecule has 0 saturated carbocycles. The number of unbranched alkanes of at least 4 members (excludes halogenated alkanes) is 1. The van der Waals surface area contributed by atoms with Crippen molar-refractivity contribution in [1.29, 1.82) is 0 Å². The number of carbonyl (C=O) groups is 2. The monoisotopic (exact) mass is 306 g/mol. The molecule has 1 atom stereocenters. The van der Waals surface area contributed by atoms with E-state index >= 15 is 0 Å². The van der Waals surface area contributed by atoms with Crippen LogP contribution < -0.4 is 0 Å². The zero-order valence-electron chi connectivity index (χ0n) is 12.2. The Labute approximate surface area is 123 Å². The van der Waals surface area contributed by atoms with Crippen LogP contribution in [0, 0.1) is 5.92 Å². The molecular weight excluding hydrogens is 284 g/mol. The molecule has 1 rings (SSSR count). The van der Waals surface area contributed by atoms with E-state index in [9.17, 15) is 9.59 Å². The summed E-state index contributed by atoms with van der Waals surface area (Å²) in [4.78, 5) is 31.6. The highest BCUT2D eigenvalue weighted by atomic mass is 17.8. The van der Waals surface area contributed by atoms with Gasteiger partial charge in [0.15, 0.2) is 0 Å². The maximum Gasteiger partial charge on any atom is 0.348 e. The topological polar surface area (TPSA) is 89.5 Å². The standard InChI is InChI=1S/C13H22O8/c1-2-3-8-11-9-6-4-5-7-10-12(14)16-18-20-21-19-17-13(11)15/h11H,2-10H2,1H3. The lowest BCUT2D eigenvalue weighted by molar-refractivity contribution is -0.742. The fourth-order valence-corrected chi connectivity index (χ4v) is 2.08. The van der Waals surface area contributed by atoms with Crippen molar-refractivity contribution in [3.05, 3.63) is 0 Å². The number of rotatable bonds is 3. The Balaban J connectivity index is 2.42. The highest BCUT2D eigenvalue weighted by molar-refractivity contribution is 5.71. The molecule has 8 heteroatoms. The van der Waals surface area contributed by atoms with Crippen molar-refractivity contribution in [2.45, 2.75) is 64.7 Å². The van der Waals surface area contributed by atoms with Crippen LogP contribution in [0.1, 0.15) is 64.7 Å². The Bertz CT molecular complexity index is 307. The SMILES string of the molecule is CCCCC1CCCCCCC(=O)OOOOOOC1=O. The van der Waals surface area contributed by atoms with Crippen LogP contribution in [0.15, 0.2) is 0 Å². The van der Waals surface area contributed by atoms with E-state index in [-0.39, 0.29) is 12.3 Å². The summed E-state index contributed by atoms with van der Waals surface area (Å²) in [5.41, 5.74) is 0. The first kappa shape index (κ1) is 17.8. The van der Waals surface area contributed by atoms with Gasteiger partial charge in [0, 0.05) is 26.6 Å². The molecule has 0 aromatic heterocycles. The molecular formula is C13H22O8. The van der Waals surface area contributed by atoms with Crippen molar-refractivity contribution in [2.75, 3.05) is 0 Å². The third-order valence-electron chi connectivity index (χ3n) is 3.25. The molecule has 21 heavy (non-hydrogen) atoms. The van der Waals surface area contributed by atoms with Crippen LogP contribution in [0.2, 0.25) is 0 Å². The molecule has 1 aliphatic heterocycles. The third-order valence-corrected chi connectivity index (χ3v) is 3.25. The lowest BCUT2D eigenvalue weighted by atomic mass is 9.95. The molecule has 1 fully saturated rings. The van der Waals surface area contributed by atoms with Crippen LogP contribution in [0.25, 0.3) is 0 Å². The Hall–Kier alpha value is -1.22. The second kappa shape index (κ2) is 11.4. The lowest BCUT2D eigenvalue weighted by Crippen LogP contribution is -2.18. The summed E-state index contributed by atoms with van der Waals surface area (Å²) in [6.45, 7) is 2.06. The molecule has 0 aromatic carbocycles. The Kier molecular flexibility index (Phi) is 9.71. The molecule has 0 aliphatic carbocycles. The maximum absolute atomic E-state index is 11.8. The molecule has 1 unspecified atom stereocenters. The largest absolute Gasteiger partial charge is 0.348 e. The van der Waals surface area contributed by atoms with Crippen molar-refractivity contribution in [2.24, 2.45) is 5.92 Å². The van der Waals surface area contributed by atoms with E-state index in [1.807, 2.05) is 0 Å². The van der Waals surface area contributed by atoms with Crippen molar-refractivity contribution in [1.82, 2.24) is 0 Å². The van der Waals surface area contributed by atoms with Crippen LogP contribution in [0.5, 0.6) is 0 Å². The minimum atomic E-state index is -0.578. The first-order valence-corrected chi connectivity index (χ1v) is 7.32. The number of hydrogen-bond donors (Lipinski definition) is 0. The van der Waals surface area contributed by atoms with E-state index in [1.54, 1.807) is 0 Å². The zero-order valence-corrected chi connectivity index (χ0v) is 12.2. The molecule has 8 nitrogen and oxygen atoms in total. The van der Waals surface area contributed by atoms with Gasteiger partial charge in [0.05, 0.1) is 5.92 Å². The van der Waals surface area contributed by atoms with Gasteiger partial charge in [-0.25, -0.2) is 9.59 Å². The van der Waals surface area contributed by atoms with Gasteiger partial charge >= 0.3 is 11.9 Å². The first-order valence-electron chi connectivity index (χ1n) is 7.32. The van der Waals surface area contributed by atoms with E-state index in [1.165, 1.54) is 0 Å². The van der Waals surface area contributed by atoms with Gasteiger partial charge in [0.2, 0.25) is 0 Å². The van der Waals surface area contributed by atoms with Crippen molar-refractivity contribution in [3.63, 3.8) is 0 Å². The molecule has 122 valence electrons. The molecule has 1 heterocycles. The highest BCUT2D eigenvalue weighted by Gasteiger charge is 2.21. The molecule has 0 amide bonds. The Morgan fingerprint density at radius 1 is 0.952 bits per heavy atom. The van der Waals surface area contributed by atoms with Gasteiger partial charge in [-0.3, -0.25) is 9.78 Å². The van der Waals surface area contributed by atoms with E-state index in [0.717, 1.165) is 38.5 Å². The molecule has 1 aliphatic rings. The maximum atomic E-state index is 11.8. The predicted molar refractivity (Wildman–Crippen MR) is 67.2 cm³/mol. The Morgan fingerprint density at radius 3 is 2.43 bits per heavy atom. The summed E-state index contributed by atoms with van der Waals surface area (Å²) in [5, 5.41) is 15.9. The first-order chi connectivity index (χ1) is 10.2. The summed E-state index contributed by atoms with van der Waals surface area (Å²) in [6, 6.07) is 0. The molecule has 0 N–H and O–H groups in total. The fraction of sp³-hybridized carbons (Fsp3) is 0.846. The number of hydrogen-bond acceptors (Lipinski definition) is 8. The van der Waals surface area contributed by atoms with Crippen LogP contribution in [-0.2, 0) is 39.5 Å². The summed E-state index contributed by atoms with van der Waals surface area (Å²) in [6.07, 6.45) is 6.97. The normalized spacial score (nSPS) is 23.6. The van der Waals surface area contributed by atoms with Crippen molar-refractivity contribution < 1.29 is 39.5 Å². The fourth-order valence-electron chi connectivity index (χ4n) is 2.08. The van der Waals surface area contributed by atoms with Crippen LogP contribution in [0.4, 0.5) is 0 Å². The minimum absolute atomic E-state index is 0.221. The lowest BCUT2D eigenvalue weighted by Gasteiger charge is -2.13. The second-order valence-electron chi connectivity index (χ2n) is 4.92. The Morgan fingerprint density at radius 2 is 1.67 bits per heavy atom. The summed E-state index contributed by atoms with van der Waals surface area (Å²) < 4.78 is 0. The zero-order chi connectivity index (χ0) is 15.3. The minimum Gasteiger partial charge on any atom is -0.267 e. The van der Waals surface area contributed by atoms with Crippen molar-refractivity contribution in [3.8, 4) is 0 Å². The van der Waals surface area contributed by atoms with Gasteiger partial charge in [0.25, 0.3) is 0 Å².